The number of hydrogen-bond acceptors (Lipinski definition) is 4. The molecule has 5 heteroatoms. The molecule has 0 atom stereocenters. The zero-order valence-electron chi connectivity index (χ0n) is 15.6. The molecule has 0 unspecified atom stereocenters. The number of methoxy groups -OCH3 is 1. The van der Waals surface area contributed by atoms with Crippen LogP contribution in [-0.4, -0.2) is 46.4 Å². The molecule has 0 saturated carbocycles. The Kier molecular flexibility index (Phi) is 5.30. The molecule has 0 fully saturated rings. The van der Waals surface area contributed by atoms with Gasteiger partial charge in [-0.15, -0.1) is 10.2 Å². The Hall–Kier alpha value is -2.92. The van der Waals surface area contributed by atoms with Crippen molar-refractivity contribution in [3.05, 3.63) is 72.1 Å². The zero-order valence-corrected chi connectivity index (χ0v) is 15.6. The van der Waals surface area contributed by atoms with E-state index in [1.54, 1.807) is 7.11 Å². The summed E-state index contributed by atoms with van der Waals surface area (Å²) in [6.07, 6.45) is 5.32. The van der Waals surface area contributed by atoms with E-state index in [1.807, 2.05) is 30.3 Å². The van der Waals surface area contributed by atoms with Crippen molar-refractivity contribution in [2.75, 3.05) is 26.7 Å². The highest BCUT2D eigenvalue weighted by atomic mass is 16.5. The largest absolute Gasteiger partial charge is 0.497 e. The van der Waals surface area contributed by atoms with E-state index in [0.717, 1.165) is 55.6 Å². The molecule has 1 aliphatic rings. The molecule has 138 valence electrons. The summed E-state index contributed by atoms with van der Waals surface area (Å²) in [6.45, 7) is 3.85. The molecule has 0 N–H and O–H groups in total. The molecule has 0 saturated heterocycles. The molecular formula is C22H24N4O. The number of rotatable bonds is 5. The fraction of sp³-hybridized carbons (Fsp3) is 0.273. The van der Waals surface area contributed by atoms with Gasteiger partial charge in [0.25, 0.3) is 0 Å². The van der Waals surface area contributed by atoms with Gasteiger partial charge in [0.1, 0.15) is 11.6 Å². The van der Waals surface area contributed by atoms with E-state index < -0.39 is 0 Å². The van der Waals surface area contributed by atoms with E-state index in [9.17, 15) is 0 Å². The first-order valence-corrected chi connectivity index (χ1v) is 9.34. The summed E-state index contributed by atoms with van der Waals surface area (Å²) in [4.78, 5) is 2.46. The van der Waals surface area contributed by atoms with Gasteiger partial charge in [-0.25, -0.2) is 0 Å². The molecule has 0 spiro atoms. The average molecular weight is 360 g/mol. The smallest absolute Gasteiger partial charge is 0.164 e. The summed E-state index contributed by atoms with van der Waals surface area (Å²) >= 11 is 0. The van der Waals surface area contributed by atoms with Crippen molar-refractivity contribution in [3.63, 3.8) is 0 Å². The minimum Gasteiger partial charge on any atom is -0.497 e. The number of fused-ring (bicyclic) bond motifs is 1. The summed E-state index contributed by atoms with van der Waals surface area (Å²) in [5.41, 5.74) is 2.32. The molecule has 0 aliphatic carbocycles. The van der Waals surface area contributed by atoms with Crippen LogP contribution in [0.5, 0.6) is 5.75 Å². The summed E-state index contributed by atoms with van der Waals surface area (Å²) < 4.78 is 7.47. The molecule has 0 bridgehead atoms. The van der Waals surface area contributed by atoms with E-state index in [1.165, 1.54) is 5.56 Å². The number of aromatic nitrogens is 3. The summed E-state index contributed by atoms with van der Waals surface area (Å²) in [6, 6.07) is 18.4. The maximum atomic E-state index is 5.20. The lowest BCUT2D eigenvalue weighted by Crippen LogP contribution is -2.27. The second-order valence-corrected chi connectivity index (χ2v) is 6.68. The first kappa shape index (κ1) is 17.5. The van der Waals surface area contributed by atoms with Gasteiger partial charge in [0.05, 0.1) is 7.11 Å². The third kappa shape index (κ3) is 4.09. The van der Waals surface area contributed by atoms with Crippen LogP contribution >= 0.6 is 0 Å². The Morgan fingerprint density at radius 2 is 1.78 bits per heavy atom. The van der Waals surface area contributed by atoms with Crippen LogP contribution in [0.15, 0.2) is 60.7 Å². The Morgan fingerprint density at radius 1 is 0.963 bits per heavy atom. The van der Waals surface area contributed by atoms with Crippen LogP contribution in [0.1, 0.15) is 11.4 Å². The molecule has 4 rings (SSSR count). The topological polar surface area (TPSA) is 43.2 Å². The minimum atomic E-state index is 0.886. The first-order chi connectivity index (χ1) is 13.3. The Bertz CT molecular complexity index is 900. The molecule has 27 heavy (non-hydrogen) atoms. The van der Waals surface area contributed by atoms with Gasteiger partial charge in [-0.1, -0.05) is 54.6 Å². The highest BCUT2D eigenvalue weighted by molar-refractivity contribution is 5.55. The van der Waals surface area contributed by atoms with Crippen molar-refractivity contribution >= 4 is 6.08 Å². The van der Waals surface area contributed by atoms with Crippen LogP contribution in [-0.2, 0) is 13.0 Å². The molecule has 1 aromatic heterocycles. The Morgan fingerprint density at radius 3 is 2.56 bits per heavy atom. The fourth-order valence-corrected chi connectivity index (χ4v) is 3.40. The van der Waals surface area contributed by atoms with Crippen molar-refractivity contribution in [3.8, 4) is 17.1 Å². The van der Waals surface area contributed by atoms with Crippen molar-refractivity contribution in [2.45, 2.75) is 13.0 Å². The SMILES string of the molecule is COc1ccc(/C=C/CN2CCc3nnc(-c4ccccc4)n3CC2)cc1. The third-order valence-electron chi connectivity index (χ3n) is 4.94. The lowest BCUT2D eigenvalue weighted by atomic mass is 10.2. The predicted molar refractivity (Wildman–Crippen MR) is 108 cm³/mol. The quantitative estimate of drug-likeness (QED) is 0.698. The molecule has 2 heterocycles. The number of benzene rings is 2. The molecule has 0 amide bonds. The van der Waals surface area contributed by atoms with Gasteiger partial charge in [-0.3, -0.25) is 4.90 Å². The molecule has 2 aromatic carbocycles. The maximum Gasteiger partial charge on any atom is 0.164 e. The van der Waals surface area contributed by atoms with Crippen LogP contribution in [0, 0.1) is 0 Å². The lowest BCUT2D eigenvalue weighted by molar-refractivity contribution is 0.309. The van der Waals surface area contributed by atoms with Crippen molar-refractivity contribution in [1.29, 1.82) is 0 Å². The average Bonchev–Trinajstić information content (AvgIpc) is 3.03. The number of nitrogens with zero attached hydrogens (tertiary/aromatic N) is 4. The van der Waals surface area contributed by atoms with Gasteiger partial charge >= 0.3 is 0 Å². The van der Waals surface area contributed by atoms with Gasteiger partial charge < -0.3 is 9.30 Å². The second-order valence-electron chi connectivity index (χ2n) is 6.68. The van der Waals surface area contributed by atoms with Crippen molar-refractivity contribution < 1.29 is 4.74 Å². The first-order valence-electron chi connectivity index (χ1n) is 9.34. The molecular weight excluding hydrogens is 336 g/mol. The standard InChI is InChI=1S/C22H24N4O/c1-27-20-11-9-18(10-12-20)6-5-14-25-15-13-21-23-24-22(26(21)17-16-25)19-7-3-2-4-8-19/h2-12H,13-17H2,1H3/b6-5+. The Labute approximate surface area is 159 Å². The normalized spacial score (nSPS) is 14.9. The Balaban J connectivity index is 1.38. The van der Waals surface area contributed by atoms with Crippen molar-refractivity contribution in [2.24, 2.45) is 0 Å². The van der Waals surface area contributed by atoms with E-state index >= 15 is 0 Å². The predicted octanol–water partition coefficient (Wildman–Crippen LogP) is 3.53. The zero-order chi connectivity index (χ0) is 18.5. The van der Waals surface area contributed by atoms with Gasteiger partial charge in [-0.2, -0.15) is 0 Å². The summed E-state index contributed by atoms with van der Waals surface area (Å²) in [7, 11) is 1.69. The second kappa shape index (κ2) is 8.18. The molecule has 5 nitrogen and oxygen atoms in total. The van der Waals surface area contributed by atoms with Gasteiger partial charge in [-0.05, 0) is 17.7 Å². The number of ether oxygens (including phenoxy) is 1. The molecule has 3 aromatic rings. The van der Waals surface area contributed by atoms with Gasteiger partial charge in [0.2, 0.25) is 0 Å². The van der Waals surface area contributed by atoms with Crippen LogP contribution in [0.3, 0.4) is 0 Å². The summed E-state index contributed by atoms with van der Waals surface area (Å²) in [5.74, 6) is 2.94. The lowest BCUT2D eigenvalue weighted by Gasteiger charge is -2.17. The van der Waals surface area contributed by atoms with E-state index in [-0.39, 0.29) is 0 Å². The van der Waals surface area contributed by atoms with E-state index in [0.29, 0.717) is 0 Å². The van der Waals surface area contributed by atoms with Gasteiger partial charge in [0.15, 0.2) is 5.82 Å². The highest BCUT2D eigenvalue weighted by Crippen LogP contribution is 2.20. The monoisotopic (exact) mass is 360 g/mol. The molecule has 1 aliphatic heterocycles. The summed E-state index contributed by atoms with van der Waals surface area (Å²) in [5, 5.41) is 8.85. The van der Waals surface area contributed by atoms with Crippen LogP contribution in [0.25, 0.3) is 17.5 Å². The molecule has 0 radical (unpaired) electrons. The third-order valence-corrected chi connectivity index (χ3v) is 4.94. The van der Waals surface area contributed by atoms with Gasteiger partial charge in [0, 0.05) is 38.2 Å². The maximum absolute atomic E-state index is 5.20. The van der Waals surface area contributed by atoms with Crippen LogP contribution in [0.4, 0.5) is 0 Å². The van der Waals surface area contributed by atoms with E-state index in [4.69, 9.17) is 4.74 Å². The highest BCUT2D eigenvalue weighted by Gasteiger charge is 2.18. The van der Waals surface area contributed by atoms with Crippen LogP contribution < -0.4 is 4.74 Å². The minimum absolute atomic E-state index is 0.886. The number of hydrogen-bond donors (Lipinski definition) is 0. The van der Waals surface area contributed by atoms with E-state index in [2.05, 4.69) is 56.1 Å². The van der Waals surface area contributed by atoms with Crippen LogP contribution in [0.2, 0.25) is 0 Å². The van der Waals surface area contributed by atoms with Crippen molar-refractivity contribution in [1.82, 2.24) is 19.7 Å². The fourth-order valence-electron chi connectivity index (χ4n) is 3.40.